The third-order valence-corrected chi connectivity index (χ3v) is 11.0. The Hall–Kier alpha value is -7.36. The lowest BCUT2D eigenvalue weighted by atomic mass is 9.96. The molecule has 0 aliphatic rings. The Morgan fingerprint density at radius 1 is 0.364 bits per heavy atom. The highest BCUT2D eigenvalue weighted by atomic mass is 16.3. The molecule has 0 saturated heterocycles. The molecule has 2 aromatic heterocycles. The van der Waals surface area contributed by atoms with E-state index in [1.807, 2.05) is 6.07 Å². The molecule has 0 aliphatic carbocycles. The maximum Gasteiger partial charge on any atom is 0.136 e. The predicted octanol–water partition coefficient (Wildman–Crippen LogP) is 14.6. The van der Waals surface area contributed by atoms with E-state index in [0.717, 1.165) is 77.7 Å². The first kappa shape index (κ1) is 31.2. The molecule has 0 fully saturated rings. The summed E-state index contributed by atoms with van der Waals surface area (Å²) in [6, 6.07) is 71.7. The minimum Gasteiger partial charge on any atom is -0.456 e. The van der Waals surface area contributed by atoms with Gasteiger partial charge in [0.25, 0.3) is 0 Å². The fourth-order valence-electron chi connectivity index (χ4n) is 8.24. The van der Waals surface area contributed by atoms with E-state index in [9.17, 15) is 0 Å². The van der Waals surface area contributed by atoms with Gasteiger partial charge in [-0.3, -0.25) is 0 Å². The van der Waals surface area contributed by atoms with Crippen molar-refractivity contribution in [2.75, 3.05) is 5.32 Å². The number of aromatic nitrogens is 1. The van der Waals surface area contributed by atoms with Crippen LogP contribution in [0.25, 0.3) is 93.6 Å². The lowest BCUT2D eigenvalue weighted by molar-refractivity contribution is 0.669. The summed E-state index contributed by atoms with van der Waals surface area (Å²) in [6.07, 6.45) is 0. The van der Waals surface area contributed by atoms with Gasteiger partial charge in [0.15, 0.2) is 0 Å². The van der Waals surface area contributed by atoms with Crippen molar-refractivity contribution >= 4 is 65.9 Å². The summed E-state index contributed by atoms with van der Waals surface area (Å²) in [4.78, 5) is 0. The molecular formula is C52H34N2O. The summed E-state index contributed by atoms with van der Waals surface area (Å²) in [5, 5.41) is 10.8. The third kappa shape index (κ3) is 5.36. The van der Waals surface area contributed by atoms with Gasteiger partial charge in [-0.25, -0.2) is 0 Å². The zero-order valence-electron chi connectivity index (χ0n) is 29.9. The molecule has 0 amide bonds. The fourth-order valence-corrected chi connectivity index (χ4v) is 8.24. The molecule has 0 radical (unpaired) electrons. The van der Waals surface area contributed by atoms with Gasteiger partial charge in [-0.15, -0.1) is 0 Å². The fraction of sp³-hybridized carbons (Fsp3) is 0. The molecule has 0 saturated carbocycles. The molecule has 258 valence electrons. The van der Waals surface area contributed by atoms with E-state index in [-0.39, 0.29) is 0 Å². The summed E-state index contributed by atoms with van der Waals surface area (Å²) < 4.78 is 8.84. The Morgan fingerprint density at radius 3 is 1.85 bits per heavy atom. The van der Waals surface area contributed by atoms with Crippen molar-refractivity contribution in [1.29, 1.82) is 0 Å². The lowest BCUT2D eigenvalue weighted by Crippen LogP contribution is -1.95. The van der Waals surface area contributed by atoms with E-state index in [4.69, 9.17) is 4.42 Å². The van der Waals surface area contributed by atoms with Crippen LogP contribution in [0.2, 0.25) is 0 Å². The van der Waals surface area contributed by atoms with Gasteiger partial charge >= 0.3 is 0 Å². The molecule has 0 atom stereocenters. The highest BCUT2D eigenvalue weighted by Gasteiger charge is 2.18. The number of hydrogen-bond acceptors (Lipinski definition) is 2. The Balaban J connectivity index is 1.08. The van der Waals surface area contributed by atoms with Crippen LogP contribution in [0.1, 0.15) is 0 Å². The van der Waals surface area contributed by atoms with Crippen LogP contribution in [0.5, 0.6) is 0 Å². The summed E-state index contributed by atoms with van der Waals surface area (Å²) in [5.74, 6) is 0. The number of rotatable bonds is 6. The molecule has 9 aromatic carbocycles. The van der Waals surface area contributed by atoms with Gasteiger partial charge < -0.3 is 14.3 Å². The second-order valence-electron chi connectivity index (χ2n) is 14.3. The average Bonchev–Trinajstić information content (AvgIpc) is 3.78. The Bertz CT molecular complexity index is 3210. The van der Waals surface area contributed by atoms with E-state index in [1.165, 1.54) is 27.3 Å². The smallest absolute Gasteiger partial charge is 0.136 e. The summed E-state index contributed by atoms with van der Waals surface area (Å²) in [5.41, 5.74) is 14.4. The number of nitrogens with one attached hydrogen (secondary N) is 1. The zero-order chi connectivity index (χ0) is 36.3. The van der Waals surface area contributed by atoms with Crippen molar-refractivity contribution in [3.8, 4) is 39.1 Å². The van der Waals surface area contributed by atoms with Gasteiger partial charge in [0.05, 0.1) is 11.0 Å². The third-order valence-electron chi connectivity index (χ3n) is 11.0. The molecule has 11 rings (SSSR count). The molecule has 3 nitrogen and oxygen atoms in total. The molecule has 0 spiro atoms. The second-order valence-corrected chi connectivity index (χ2v) is 14.3. The topological polar surface area (TPSA) is 30.1 Å². The molecule has 3 heteroatoms. The van der Waals surface area contributed by atoms with Crippen LogP contribution in [-0.4, -0.2) is 4.57 Å². The van der Waals surface area contributed by atoms with Crippen molar-refractivity contribution in [2.24, 2.45) is 0 Å². The van der Waals surface area contributed by atoms with Crippen molar-refractivity contribution in [3.05, 3.63) is 200 Å². The largest absolute Gasteiger partial charge is 0.456 e. The van der Waals surface area contributed by atoms with E-state index in [1.54, 1.807) is 0 Å². The molecular weight excluding hydrogens is 669 g/mol. The van der Waals surface area contributed by atoms with Crippen molar-refractivity contribution in [3.63, 3.8) is 0 Å². The van der Waals surface area contributed by atoms with Gasteiger partial charge in [-0.1, -0.05) is 133 Å². The van der Waals surface area contributed by atoms with E-state index in [2.05, 4.69) is 204 Å². The molecule has 55 heavy (non-hydrogen) atoms. The summed E-state index contributed by atoms with van der Waals surface area (Å²) >= 11 is 0. The second kappa shape index (κ2) is 12.6. The first-order valence-corrected chi connectivity index (χ1v) is 18.7. The normalized spacial score (nSPS) is 11.6. The SMILES string of the molecule is c1ccc(-c2ccc(-n3c4ccc(-c5ccc(Nc6ccc7ccccc7c6)c(-c6ccccc6)c5)cc4c4cc5oc6ccccc6c5cc43)cc2)cc1. The summed E-state index contributed by atoms with van der Waals surface area (Å²) in [6.45, 7) is 0. The number of anilines is 2. The van der Waals surface area contributed by atoms with Gasteiger partial charge in [0.1, 0.15) is 11.2 Å². The van der Waals surface area contributed by atoms with Crippen LogP contribution in [0, 0.1) is 0 Å². The average molecular weight is 703 g/mol. The number of benzene rings is 9. The number of fused-ring (bicyclic) bond motifs is 7. The zero-order valence-corrected chi connectivity index (χ0v) is 29.9. The van der Waals surface area contributed by atoms with E-state index in [0.29, 0.717) is 0 Å². The van der Waals surface area contributed by atoms with Gasteiger partial charge in [-0.2, -0.15) is 0 Å². The standard InChI is InChI=1S/C52H34N2O/c1-3-11-34(12-4-1)36-20-25-42(26-21-36)54-49-28-23-40(31-45(49)46-33-52-47(32-50(46)54)43-17-9-10-18-51(43)55-52)39-22-27-48(44(30-39)37-14-5-2-6-15-37)53-41-24-19-35-13-7-8-16-38(35)29-41/h1-33,53H. The molecule has 0 unspecified atom stereocenters. The Kier molecular flexibility index (Phi) is 7.17. The first-order valence-electron chi connectivity index (χ1n) is 18.7. The minimum atomic E-state index is 0.896. The quantitative estimate of drug-likeness (QED) is 0.187. The monoisotopic (exact) mass is 702 g/mol. The number of para-hydroxylation sites is 1. The maximum absolute atomic E-state index is 6.44. The van der Waals surface area contributed by atoms with Gasteiger partial charge in [0.2, 0.25) is 0 Å². The van der Waals surface area contributed by atoms with Crippen LogP contribution >= 0.6 is 0 Å². The van der Waals surface area contributed by atoms with E-state index < -0.39 is 0 Å². The lowest BCUT2D eigenvalue weighted by Gasteiger charge is -2.15. The van der Waals surface area contributed by atoms with Crippen molar-refractivity contribution in [1.82, 2.24) is 4.57 Å². The molecule has 1 N–H and O–H groups in total. The Morgan fingerprint density at radius 2 is 1.02 bits per heavy atom. The van der Waals surface area contributed by atoms with Crippen LogP contribution < -0.4 is 5.32 Å². The van der Waals surface area contributed by atoms with Crippen LogP contribution in [0.15, 0.2) is 205 Å². The highest BCUT2D eigenvalue weighted by Crippen LogP contribution is 2.41. The number of nitrogens with zero attached hydrogens (tertiary/aromatic N) is 1. The van der Waals surface area contributed by atoms with Crippen molar-refractivity contribution < 1.29 is 4.42 Å². The van der Waals surface area contributed by atoms with Crippen LogP contribution in [0.4, 0.5) is 11.4 Å². The van der Waals surface area contributed by atoms with Gasteiger partial charge in [0, 0.05) is 44.2 Å². The summed E-state index contributed by atoms with van der Waals surface area (Å²) in [7, 11) is 0. The molecule has 11 aromatic rings. The predicted molar refractivity (Wildman–Crippen MR) is 232 cm³/mol. The van der Waals surface area contributed by atoms with E-state index >= 15 is 0 Å². The first-order chi connectivity index (χ1) is 27.2. The van der Waals surface area contributed by atoms with Crippen molar-refractivity contribution in [2.45, 2.75) is 0 Å². The highest BCUT2D eigenvalue weighted by molar-refractivity contribution is 6.17. The number of furan rings is 1. The van der Waals surface area contributed by atoms with Crippen LogP contribution in [-0.2, 0) is 0 Å². The molecule has 0 aliphatic heterocycles. The number of hydrogen-bond donors (Lipinski definition) is 1. The van der Waals surface area contributed by atoms with Gasteiger partial charge in [-0.05, 0) is 105 Å². The van der Waals surface area contributed by atoms with Crippen LogP contribution in [0.3, 0.4) is 0 Å². The maximum atomic E-state index is 6.44. The minimum absolute atomic E-state index is 0.896. The Labute approximate surface area is 318 Å². The molecule has 2 heterocycles. The molecule has 0 bridgehead atoms.